The number of fused-ring (bicyclic) bond motifs is 1. The van der Waals surface area contributed by atoms with Gasteiger partial charge in [-0.2, -0.15) is 13.2 Å². The Bertz CT molecular complexity index is 1380. The fourth-order valence-electron chi connectivity index (χ4n) is 3.49. The van der Waals surface area contributed by atoms with E-state index in [2.05, 4.69) is 20.3 Å². The average Bonchev–Trinajstić information content (AvgIpc) is 3.26. The fourth-order valence-corrected chi connectivity index (χ4v) is 3.49. The molecule has 36 heavy (non-hydrogen) atoms. The van der Waals surface area contributed by atoms with Gasteiger partial charge in [-0.05, 0) is 31.2 Å². The van der Waals surface area contributed by atoms with E-state index in [1.165, 1.54) is 19.4 Å². The number of nitrogens with one attached hydrogen (secondary N) is 1. The van der Waals surface area contributed by atoms with Crippen LogP contribution in [-0.4, -0.2) is 32.4 Å². The number of hydrogen-bond acceptors (Lipinski definition) is 7. The summed E-state index contributed by atoms with van der Waals surface area (Å²) in [6.07, 6.45) is -0.361. The van der Waals surface area contributed by atoms with Crippen molar-refractivity contribution in [2.45, 2.75) is 33.0 Å². The van der Waals surface area contributed by atoms with Crippen LogP contribution in [0.15, 0.2) is 48.9 Å². The molecule has 9 nitrogen and oxygen atoms in total. The Kier molecular flexibility index (Phi) is 7.78. The molecule has 0 saturated carbocycles. The summed E-state index contributed by atoms with van der Waals surface area (Å²) in [4.78, 5) is 25.3. The van der Waals surface area contributed by atoms with E-state index < -0.39 is 23.7 Å². The summed E-state index contributed by atoms with van der Waals surface area (Å²) in [6.45, 7) is 5.78. The van der Waals surface area contributed by atoms with Crippen molar-refractivity contribution in [3.8, 4) is 17.0 Å². The highest BCUT2D eigenvalue weighted by molar-refractivity contribution is 6.06. The molecule has 12 heteroatoms. The molecule has 0 radical (unpaired) electrons. The first-order valence-corrected chi connectivity index (χ1v) is 11.0. The highest BCUT2D eigenvalue weighted by atomic mass is 19.4. The molecule has 0 bridgehead atoms. The van der Waals surface area contributed by atoms with Crippen molar-refractivity contribution in [1.29, 1.82) is 0 Å². The standard InChI is InChI=1S/C22H20F3N7O2.C2H6/c1-11(26)20-31-17(18-19(27)29-7-8-32(18)20)12-3-4-14(15(9-12)34-2)21(33)30-16-10-13(5-6-28-16)22(23,24)25;1-2/h3-11H,26H2,1-2H3,(H2,27,29)(H,28,30,33);1-2H3. The second-order valence-corrected chi connectivity index (χ2v) is 7.44. The lowest BCUT2D eigenvalue weighted by Crippen LogP contribution is -2.15. The van der Waals surface area contributed by atoms with Crippen LogP contribution in [0.25, 0.3) is 16.8 Å². The van der Waals surface area contributed by atoms with Crippen LogP contribution in [0.4, 0.5) is 24.8 Å². The maximum absolute atomic E-state index is 13.0. The number of carbonyl (C=O) groups is 1. The Balaban J connectivity index is 0.00000176. The number of ether oxygens (including phenoxy) is 1. The van der Waals surface area contributed by atoms with Crippen LogP contribution in [0, 0.1) is 0 Å². The van der Waals surface area contributed by atoms with E-state index in [0.717, 1.165) is 18.3 Å². The molecular formula is C24H26F3N7O2. The third-order valence-corrected chi connectivity index (χ3v) is 5.07. The minimum Gasteiger partial charge on any atom is -0.496 e. The minimum atomic E-state index is -4.56. The third kappa shape index (κ3) is 5.23. The molecule has 1 aromatic carbocycles. The summed E-state index contributed by atoms with van der Waals surface area (Å²) in [5.41, 5.74) is 12.9. The van der Waals surface area contributed by atoms with Gasteiger partial charge in [0.15, 0.2) is 0 Å². The normalized spacial score (nSPS) is 12.0. The van der Waals surface area contributed by atoms with Crippen molar-refractivity contribution in [2.75, 3.05) is 18.2 Å². The van der Waals surface area contributed by atoms with Crippen molar-refractivity contribution < 1.29 is 22.7 Å². The summed E-state index contributed by atoms with van der Waals surface area (Å²) in [5.74, 6) is 0.0468. The van der Waals surface area contributed by atoms with Gasteiger partial charge in [0.25, 0.3) is 5.91 Å². The Morgan fingerprint density at radius 1 is 1.14 bits per heavy atom. The largest absolute Gasteiger partial charge is 0.496 e. The molecule has 1 atom stereocenters. The zero-order chi connectivity index (χ0) is 26.6. The zero-order valence-electron chi connectivity index (χ0n) is 20.1. The van der Waals surface area contributed by atoms with Crippen molar-refractivity contribution in [1.82, 2.24) is 19.4 Å². The van der Waals surface area contributed by atoms with Crippen LogP contribution in [0.3, 0.4) is 0 Å². The first-order valence-electron chi connectivity index (χ1n) is 11.0. The van der Waals surface area contributed by atoms with Crippen LogP contribution in [-0.2, 0) is 6.18 Å². The molecule has 1 unspecified atom stereocenters. The van der Waals surface area contributed by atoms with E-state index in [0.29, 0.717) is 22.6 Å². The van der Waals surface area contributed by atoms with E-state index in [1.807, 2.05) is 13.8 Å². The van der Waals surface area contributed by atoms with Crippen molar-refractivity contribution in [3.05, 3.63) is 65.9 Å². The van der Waals surface area contributed by atoms with E-state index in [9.17, 15) is 18.0 Å². The molecule has 0 spiro atoms. The Hall–Kier alpha value is -4.19. The summed E-state index contributed by atoms with van der Waals surface area (Å²) in [7, 11) is 1.37. The van der Waals surface area contributed by atoms with Gasteiger partial charge < -0.3 is 21.5 Å². The average molecular weight is 502 g/mol. The van der Waals surface area contributed by atoms with Crippen LogP contribution >= 0.6 is 0 Å². The zero-order valence-corrected chi connectivity index (χ0v) is 20.1. The maximum atomic E-state index is 13.0. The molecule has 0 aliphatic heterocycles. The lowest BCUT2D eigenvalue weighted by Gasteiger charge is -2.12. The molecule has 5 N–H and O–H groups in total. The van der Waals surface area contributed by atoms with Crippen molar-refractivity contribution >= 4 is 23.1 Å². The smallest absolute Gasteiger partial charge is 0.416 e. The number of nitrogens with two attached hydrogens (primary N) is 2. The van der Waals surface area contributed by atoms with E-state index in [4.69, 9.17) is 16.2 Å². The van der Waals surface area contributed by atoms with Gasteiger partial charge in [-0.15, -0.1) is 0 Å². The summed E-state index contributed by atoms with van der Waals surface area (Å²) >= 11 is 0. The Labute approximate surface area is 205 Å². The molecule has 4 rings (SSSR count). The summed E-state index contributed by atoms with van der Waals surface area (Å²) in [5, 5.41) is 2.37. The van der Waals surface area contributed by atoms with Crippen molar-refractivity contribution in [3.63, 3.8) is 0 Å². The molecule has 0 fully saturated rings. The van der Waals surface area contributed by atoms with Gasteiger partial charge in [0.2, 0.25) is 0 Å². The minimum absolute atomic E-state index is 0.0903. The number of nitrogen functional groups attached to an aromatic ring is 1. The van der Waals surface area contributed by atoms with Crippen LogP contribution in [0.1, 0.15) is 48.6 Å². The Morgan fingerprint density at radius 2 is 1.86 bits per heavy atom. The van der Waals surface area contributed by atoms with Gasteiger partial charge in [-0.1, -0.05) is 19.9 Å². The molecule has 4 aromatic rings. The van der Waals surface area contributed by atoms with Crippen LogP contribution in [0.5, 0.6) is 5.75 Å². The van der Waals surface area contributed by atoms with E-state index >= 15 is 0 Å². The lowest BCUT2D eigenvalue weighted by atomic mass is 10.1. The number of rotatable bonds is 5. The number of amides is 1. The van der Waals surface area contributed by atoms with Gasteiger partial charge in [-0.3, -0.25) is 9.20 Å². The van der Waals surface area contributed by atoms with Gasteiger partial charge in [0, 0.05) is 24.2 Å². The lowest BCUT2D eigenvalue weighted by molar-refractivity contribution is -0.137. The first kappa shape index (κ1) is 26.4. The topological polar surface area (TPSA) is 133 Å². The van der Waals surface area contributed by atoms with Gasteiger partial charge >= 0.3 is 6.18 Å². The number of pyridine rings is 1. The van der Waals surface area contributed by atoms with Gasteiger partial charge in [0.1, 0.15) is 34.4 Å². The number of anilines is 2. The number of halogens is 3. The monoisotopic (exact) mass is 501 g/mol. The Morgan fingerprint density at radius 3 is 2.50 bits per heavy atom. The van der Waals surface area contributed by atoms with E-state index in [1.54, 1.807) is 29.7 Å². The summed E-state index contributed by atoms with van der Waals surface area (Å²) in [6, 6.07) is 5.85. The molecule has 3 heterocycles. The SMILES string of the molecule is CC.COc1cc(-c2nc(C(C)N)n3ccnc(N)c23)ccc1C(=O)Nc1cc(C(F)(F)F)ccn1. The second-order valence-electron chi connectivity index (χ2n) is 7.44. The predicted molar refractivity (Wildman–Crippen MR) is 131 cm³/mol. The quantitative estimate of drug-likeness (QED) is 0.361. The molecular weight excluding hydrogens is 475 g/mol. The number of carbonyl (C=O) groups excluding carboxylic acids is 1. The van der Waals surface area contributed by atoms with Gasteiger partial charge in [-0.25, -0.2) is 15.0 Å². The number of hydrogen-bond donors (Lipinski definition) is 3. The van der Waals surface area contributed by atoms with Crippen molar-refractivity contribution in [2.24, 2.45) is 5.73 Å². The number of nitrogens with zero attached hydrogens (tertiary/aromatic N) is 4. The maximum Gasteiger partial charge on any atom is 0.416 e. The fraction of sp³-hybridized carbons (Fsp3) is 0.250. The van der Waals surface area contributed by atoms with E-state index in [-0.39, 0.29) is 22.9 Å². The number of alkyl halides is 3. The molecule has 0 aliphatic rings. The molecule has 0 aliphatic carbocycles. The molecule has 3 aromatic heterocycles. The highest BCUT2D eigenvalue weighted by Crippen LogP contribution is 2.34. The first-order chi connectivity index (χ1) is 17.1. The number of methoxy groups -OCH3 is 1. The molecule has 1 amide bonds. The number of imidazole rings is 1. The second kappa shape index (κ2) is 10.6. The number of benzene rings is 1. The molecule has 190 valence electrons. The number of aromatic nitrogens is 4. The van der Waals surface area contributed by atoms with Crippen LogP contribution in [0.2, 0.25) is 0 Å². The predicted octanol–water partition coefficient (Wildman–Crippen LogP) is 4.70. The van der Waals surface area contributed by atoms with Crippen LogP contribution < -0.4 is 21.5 Å². The summed E-state index contributed by atoms with van der Waals surface area (Å²) < 4.78 is 46.0. The third-order valence-electron chi connectivity index (χ3n) is 5.07. The molecule has 0 saturated heterocycles. The highest BCUT2D eigenvalue weighted by Gasteiger charge is 2.31. The van der Waals surface area contributed by atoms with Gasteiger partial charge in [0.05, 0.1) is 24.3 Å².